The Hall–Kier alpha value is -2.24. The molecule has 0 radical (unpaired) electrons. The van der Waals surface area contributed by atoms with Gasteiger partial charge in [-0.15, -0.1) is 24.7 Å². The molecule has 25 heavy (non-hydrogen) atoms. The molecule has 0 N–H and O–H groups in total. The maximum absolute atomic E-state index is 12.1. The van der Waals surface area contributed by atoms with Crippen LogP contribution in [0.3, 0.4) is 0 Å². The number of terminal acetylenes is 2. The zero-order chi connectivity index (χ0) is 18.3. The topological polar surface area (TPSA) is 53.4 Å². The number of hydrogen-bond donors (Lipinski definition) is 0. The largest absolute Gasteiger partial charge is 0.461 e. The van der Waals surface area contributed by atoms with Crippen LogP contribution in [-0.4, -0.2) is 29.0 Å². The standard InChI is InChI=1S/C20H28N2O3/c1-4-6-8-10-12-14-24-17-18-16-19(22(3)21-18)20(23)25-15-13-11-9-7-5-2/h1-2,16H,6-15,17H2,3H3. The lowest BCUT2D eigenvalue weighted by atomic mass is 10.2. The number of ether oxygens (including phenoxy) is 2. The summed E-state index contributed by atoms with van der Waals surface area (Å²) < 4.78 is 12.4. The predicted molar refractivity (Wildman–Crippen MR) is 97.7 cm³/mol. The van der Waals surface area contributed by atoms with Gasteiger partial charge in [0, 0.05) is 26.5 Å². The van der Waals surface area contributed by atoms with Gasteiger partial charge in [0.15, 0.2) is 0 Å². The fourth-order valence-electron chi connectivity index (χ4n) is 2.32. The van der Waals surface area contributed by atoms with Crippen LogP contribution in [0.1, 0.15) is 67.5 Å². The minimum Gasteiger partial charge on any atom is -0.461 e. The van der Waals surface area contributed by atoms with Crippen LogP contribution in [0.15, 0.2) is 6.07 Å². The van der Waals surface area contributed by atoms with Gasteiger partial charge in [-0.05, 0) is 38.2 Å². The molecule has 1 heterocycles. The SMILES string of the molecule is C#CCCCCCOCc1cc(C(=O)OCCCCCC#C)n(C)n1. The lowest BCUT2D eigenvalue weighted by molar-refractivity contribution is 0.0485. The second kappa shape index (κ2) is 13.1. The van der Waals surface area contributed by atoms with Gasteiger partial charge < -0.3 is 9.47 Å². The molecule has 0 amide bonds. The summed E-state index contributed by atoms with van der Waals surface area (Å²) in [6, 6.07) is 1.72. The minimum absolute atomic E-state index is 0.354. The quantitative estimate of drug-likeness (QED) is 0.312. The van der Waals surface area contributed by atoms with Crippen molar-refractivity contribution in [2.75, 3.05) is 13.2 Å². The van der Waals surface area contributed by atoms with Crippen molar-refractivity contribution < 1.29 is 14.3 Å². The Morgan fingerprint density at radius 2 is 1.72 bits per heavy atom. The Labute approximate surface area is 151 Å². The number of aromatic nitrogens is 2. The van der Waals surface area contributed by atoms with Gasteiger partial charge >= 0.3 is 5.97 Å². The second-order valence-electron chi connectivity index (χ2n) is 5.86. The van der Waals surface area contributed by atoms with Crippen molar-refractivity contribution in [2.45, 2.75) is 58.0 Å². The second-order valence-corrected chi connectivity index (χ2v) is 5.86. The maximum Gasteiger partial charge on any atom is 0.356 e. The van der Waals surface area contributed by atoms with E-state index in [1.54, 1.807) is 13.1 Å². The number of carbonyl (C=O) groups is 1. The van der Waals surface area contributed by atoms with Crippen LogP contribution in [0, 0.1) is 24.7 Å². The van der Waals surface area contributed by atoms with E-state index in [-0.39, 0.29) is 5.97 Å². The Balaban J connectivity index is 2.24. The van der Waals surface area contributed by atoms with Gasteiger partial charge in [-0.25, -0.2) is 4.79 Å². The molecule has 1 aromatic heterocycles. The summed E-state index contributed by atoms with van der Waals surface area (Å²) in [7, 11) is 1.73. The highest BCUT2D eigenvalue weighted by Crippen LogP contribution is 2.08. The number of nitrogens with zero attached hydrogens (tertiary/aromatic N) is 2. The van der Waals surface area contributed by atoms with Gasteiger partial charge in [0.25, 0.3) is 0 Å². The molecule has 5 heteroatoms. The number of hydrogen-bond acceptors (Lipinski definition) is 4. The Bertz CT molecular complexity index is 593. The fraction of sp³-hybridized carbons (Fsp3) is 0.600. The highest BCUT2D eigenvalue weighted by molar-refractivity contribution is 5.87. The maximum atomic E-state index is 12.1. The molecule has 0 aliphatic carbocycles. The first-order chi connectivity index (χ1) is 12.2. The number of carbonyl (C=O) groups excluding carboxylic acids is 1. The third-order valence-corrected chi connectivity index (χ3v) is 3.70. The van der Waals surface area contributed by atoms with E-state index in [2.05, 4.69) is 16.9 Å². The van der Waals surface area contributed by atoms with E-state index >= 15 is 0 Å². The minimum atomic E-state index is -0.354. The molecule has 0 saturated carbocycles. The first-order valence-electron chi connectivity index (χ1n) is 8.83. The average molecular weight is 344 g/mol. The van der Waals surface area contributed by atoms with E-state index in [0.717, 1.165) is 57.1 Å². The number of esters is 1. The molecule has 0 bridgehead atoms. The summed E-state index contributed by atoms with van der Waals surface area (Å²) in [4.78, 5) is 12.1. The first kappa shape index (κ1) is 20.8. The Kier molecular flexibility index (Phi) is 10.9. The van der Waals surface area contributed by atoms with Crippen LogP contribution in [0.5, 0.6) is 0 Å². The molecule has 0 aromatic carbocycles. The normalized spacial score (nSPS) is 10.2. The molecule has 0 atom stereocenters. The molecule has 0 unspecified atom stereocenters. The Morgan fingerprint density at radius 1 is 1.08 bits per heavy atom. The van der Waals surface area contributed by atoms with Gasteiger partial charge in [0.05, 0.1) is 18.9 Å². The van der Waals surface area contributed by atoms with Crippen molar-refractivity contribution in [2.24, 2.45) is 7.05 Å². The molecule has 0 aliphatic rings. The summed E-state index contributed by atoms with van der Waals surface area (Å²) in [5.41, 5.74) is 1.17. The molecular weight excluding hydrogens is 316 g/mol. The highest BCUT2D eigenvalue weighted by atomic mass is 16.5. The van der Waals surface area contributed by atoms with E-state index in [4.69, 9.17) is 22.3 Å². The number of rotatable bonds is 13. The third kappa shape index (κ3) is 8.98. The van der Waals surface area contributed by atoms with Crippen molar-refractivity contribution in [3.63, 3.8) is 0 Å². The van der Waals surface area contributed by atoms with Gasteiger partial charge in [-0.2, -0.15) is 5.10 Å². The van der Waals surface area contributed by atoms with Gasteiger partial charge in [0.2, 0.25) is 0 Å². The van der Waals surface area contributed by atoms with Gasteiger partial charge in [0.1, 0.15) is 5.69 Å². The van der Waals surface area contributed by atoms with E-state index in [1.807, 2.05) is 0 Å². The van der Waals surface area contributed by atoms with Gasteiger partial charge in [-0.3, -0.25) is 4.68 Å². The summed E-state index contributed by atoms with van der Waals surface area (Å²) >= 11 is 0. The van der Waals surface area contributed by atoms with E-state index in [0.29, 0.717) is 25.5 Å². The molecule has 1 rings (SSSR count). The molecule has 0 saturated heterocycles. The van der Waals surface area contributed by atoms with Crippen molar-refractivity contribution in [3.8, 4) is 24.7 Å². The average Bonchev–Trinajstić information content (AvgIpc) is 2.98. The number of unbranched alkanes of at least 4 members (excludes halogenated alkanes) is 6. The first-order valence-corrected chi connectivity index (χ1v) is 8.83. The summed E-state index contributed by atoms with van der Waals surface area (Å²) in [5, 5.41) is 4.29. The lowest BCUT2D eigenvalue weighted by Gasteiger charge is -2.04. The van der Waals surface area contributed by atoms with Crippen molar-refractivity contribution in [1.82, 2.24) is 9.78 Å². The molecular formula is C20H28N2O3. The zero-order valence-corrected chi connectivity index (χ0v) is 15.1. The van der Waals surface area contributed by atoms with Crippen LogP contribution in [0.4, 0.5) is 0 Å². The van der Waals surface area contributed by atoms with Gasteiger partial charge in [-0.1, -0.05) is 6.42 Å². The number of aryl methyl sites for hydroxylation is 1. The molecule has 5 nitrogen and oxygen atoms in total. The molecule has 0 fully saturated rings. The highest BCUT2D eigenvalue weighted by Gasteiger charge is 2.14. The summed E-state index contributed by atoms with van der Waals surface area (Å²) in [5.74, 6) is 4.87. The van der Waals surface area contributed by atoms with Crippen LogP contribution in [0.2, 0.25) is 0 Å². The van der Waals surface area contributed by atoms with Crippen LogP contribution >= 0.6 is 0 Å². The van der Waals surface area contributed by atoms with E-state index in [1.165, 1.54) is 4.68 Å². The molecule has 1 aromatic rings. The summed E-state index contributed by atoms with van der Waals surface area (Å²) in [6.07, 6.45) is 17.8. The van der Waals surface area contributed by atoms with Crippen LogP contribution in [0.25, 0.3) is 0 Å². The van der Waals surface area contributed by atoms with Crippen LogP contribution in [-0.2, 0) is 23.1 Å². The Morgan fingerprint density at radius 3 is 2.36 bits per heavy atom. The third-order valence-electron chi connectivity index (χ3n) is 3.70. The van der Waals surface area contributed by atoms with Crippen molar-refractivity contribution in [1.29, 1.82) is 0 Å². The van der Waals surface area contributed by atoms with Crippen molar-refractivity contribution in [3.05, 3.63) is 17.5 Å². The monoisotopic (exact) mass is 344 g/mol. The fourth-order valence-corrected chi connectivity index (χ4v) is 2.32. The molecule has 136 valence electrons. The predicted octanol–water partition coefficient (Wildman–Crippen LogP) is 3.48. The molecule has 0 aliphatic heterocycles. The van der Waals surface area contributed by atoms with Crippen molar-refractivity contribution >= 4 is 5.97 Å². The summed E-state index contributed by atoms with van der Waals surface area (Å²) in [6.45, 7) is 1.46. The van der Waals surface area contributed by atoms with E-state index < -0.39 is 0 Å². The lowest BCUT2D eigenvalue weighted by Crippen LogP contribution is -2.11. The smallest absolute Gasteiger partial charge is 0.356 e. The van der Waals surface area contributed by atoms with E-state index in [9.17, 15) is 4.79 Å². The molecule has 0 spiro atoms. The van der Waals surface area contributed by atoms with Crippen LogP contribution < -0.4 is 0 Å². The zero-order valence-electron chi connectivity index (χ0n) is 15.1.